The fourth-order valence-electron chi connectivity index (χ4n) is 4.23. The smallest absolute Gasteiger partial charge is 0.395 e. The molecule has 164 valence electrons. The maximum atomic E-state index is 14.0. The van der Waals surface area contributed by atoms with Crippen LogP contribution in [0, 0.1) is 11.3 Å². The normalized spacial score (nSPS) is 18.7. The largest absolute Gasteiger partial charge is 0.508 e. The topological polar surface area (TPSA) is 79.5 Å². The number of phenols is 1. The molecular formula is C21H26F3N3O2S. The Balaban J connectivity index is 1.93. The highest BCUT2D eigenvalue weighted by molar-refractivity contribution is 7.09. The van der Waals surface area contributed by atoms with Crippen molar-refractivity contribution in [2.24, 2.45) is 17.1 Å². The van der Waals surface area contributed by atoms with Crippen LogP contribution in [0.4, 0.5) is 13.2 Å². The van der Waals surface area contributed by atoms with Crippen molar-refractivity contribution in [3.63, 3.8) is 0 Å². The minimum atomic E-state index is -4.42. The minimum Gasteiger partial charge on any atom is -0.508 e. The van der Waals surface area contributed by atoms with E-state index < -0.39 is 29.3 Å². The lowest BCUT2D eigenvalue weighted by molar-refractivity contribution is -0.198. The van der Waals surface area contributed by atoms with E-state index in [1.165, 1.54) is 11.7 Å². The quantitative estimate of drug-likeness (QED) is 0.618. The van der Waals surface area contributed by atoms with Crippen molar-refractivity contribution in [3.05, 3.63) is 46.4 Å². The second-order valence-corrected chi connectivity index (χ2v) is 9.19. The first-order valence-electron chi connectivity index (χ1n) is 9.74. The number of hydrogen-bond donors (Lipinski definition) is 2. The van der Waals surface area contributed by atoms with Gasteiger partial charge in [-0.25, -0.2) is 0 Å². The number of phenolic OH excluding ortho intramolecular Hbond substituents is 1. The maximum Gasteiger partial charge on any atom is 0.395 e. The summed E-state index contributed by atoms with van der Waals surface area (Å²) in [6.07, 6.45) is -2.28. The molecule has 1 aliphatic rings. The predicted octanol–water partition coefficient (Wildman–Crippen LogP) is 3.94. The molecule has 2 aromatic rings. The molecule has 0 spiro atoms. The molecule has 30 heavy (non-hydrogen) atoms. The van der Waals surface area contributed by atoms with E-state index in [4.69, 9.17) is 5.73 Å². The van der Waals surface area contributed by atoms with Gasteiger partial charge in [0.1, 0.15) is 5.75 Å². The van der Waals surface area contributed by atoms with Gasteiger partial charge in [0.25, 0.3) is 0 Å². The number of amides is 1. The van der Waals surface area contributed by atoms with E-state index in [-0.39, 0.29) is 31.1 Å². The van der Waals surface area contributed by atoms with Crippen molar-refractivity contribution in [2.75, 3.05) is 14.1 Å². The number of carbonyl (C=O) groups excluding carboxylic acids is 1. The summed E-state index contributed by atoms with van der Waals surface area (Å²) < 4.78 is 42.1. The number of benzene rings is 1. The third-order valence-corrected chi connectivity index (χ3v) is 7.00. The standard InChI is InChI=1S/C21H26F3N3O2S/c1-27(2)14(9-13-3-5-15(28)6-4-13)10-16(19(25)29)18(17-11-26-12-30-17)20(7-8-20)21(22,23)24/h3-6,11-12,14,16,18,28H,7-10H2,1-2H3,(H2,25,29)/t14-,16?,18?/m1/s1. The van der Waals surface area contributed by atoms with Gasteiger partial charge in [0.2, 0.25) is 5.91 Å². The summed E-state index contributed by atoms with van der Waals surface area (Å²) in [6, 6.07) is 6.47. The molecule has 3 rings (SSSR count). The summed E-state index contributed by atoms with van der Waals surface area (Å²) in [5.41, 5.74) is 6.19. The van der Waals surface area contributed by atoms with Crippen LogP contribution < -0.4 is 5.73 Å². The van der Waals surface area contributed by atoms with Gasteiger partial charge in [0, 0.05) is 29.0 Å². The zero-order chi connectivity index (χ0) is 22.1. The molecule has 1 saturated carbocycles. The van der Waals surface area contributed by atoms with Crippen molar-refractivity contribution >= 4 is 17.2 Å². The van der Waals surface area contributed by atoms with E-state index in [1.807, 2.05) is 19.0 Å². The van der Waals surface area contributed by atoms with Crippen molar-refractivity contribution in [2.45, 2.75) is 43.8 Å². The van der Waals surface area contributed by atoms with Gasteiger partial charge in [-0.1, -0.05) is 12.1 Å². The number of aromatic hydroxyl groups is 1. The second kappa shape index (κ2) is 8.55. The first kappa shape index (κ1) is 22.6. The summed E-state index contributed by atoms with van der Waals surface area (Å²) in [6.45, 7) is 0. The van der Waals surface area contributed by atoms with E-state index in [1.54, 1.807) is 24.3 Å². The molecule has 1 fully saturated rings. The number of carbonyl (C=O) groups is 1. The summed E-state index contributed by atoms with van der Waals surface area (Å²) in [4.78, 5) is 18.8. The number of likely N-dealkylation sites (N-methyl/N-ethyl adjacent to an activating group) is 1. The summed E-state index contributed by atoms with van der Waals surface area (Å²) in [7, 11) is 3.67. The van der Waals surface area contributed by atoms with E-state index in [0.717, 1.165) is 16.9 Å². The molecule has 0 saturated heterocycles. The average Bonchev–Trinajstić information content (AvgIpc) is 3.30. The van der Waals surface area contributed by atoms with Gasteiger partial charge in [0.15, 0.2) is 0 Å². The van der Waals surface area contributed by atoms with E-state index >= 15 is 0 Å². The molecule has 3 N–H and O–H groups in total. The Hall–Kier alpha value is -2.13. The molecule has 5 nitrogen and oxygen atoms in total. The molecule has 3 atom stereocenters. The molecular weight excluding hydrogens is 415 g/mol. The number of thiazole rings is 1. The Morgan fingerprint density at radius 1 is 1.30 bits per heavy atom. The molecule has 0 aliphatic heterocycles. The number of hydrogen-bond acceptors (Lipinski definition) is 5. The average molecular weight is 442 g/mol. The molecule has 1 aliphatic carbocycles. The van der Waals surface area contributed by atoms with Crippen LogP contribution in [0.2, 0.25) is 0 Å². The minimum absolute atomic E-state index is 0.00651. The molecule has 0 radical (unpaired) electrons. The molecule has 1 heterocycles. The lowest BCUT2D eigenvalue weighted by Crippen LogP contribution is -2.43. The van der Waals surface area contributed by atoms with Crippen LogP contribution in [0.1, 0.15) is 35.6 Å². The third kappa shape index (κ3) is 4.62. The molecule has 2 unspecified atom stereocenters. The number of nitrogens with two attached hydrogens (primary N) is 1. The van der Waals surface area contributed by atoms with Crippen LogP contribution >= 0.6 is 11.3 Å². The number of nitrogens with zero attached hydrogens (tertiary/aromatic N) is 2. The third-order valence-electron chi connectivity index (χ3n) is 6.14. The number of rotatable bonds is 9. The molecule has 0 bridgehead atoms. The van der Waals surface area contributed by atoms with Gasteiger partial charge < -0.3 is 15.7 Å². The van der Waals surface area contributed by atoms with Crippen molar-refractivity contribution in [3.8, 4) is 5.75 Å². The fraction of sp³-hybridized carbons (Fsp3) is 0.524. The molecule has 1 aromatic carbocycles. The maximum absolute atomic E-state index is 14.0. The lowest BCUT2D eigenvalue weighted by Gasteiger charge is -2.36. The zero-order valence-electron chi connectivity index (χ0n) is 16.9. The van der Waals surface area contributed by atoms with Gasteiger partial charge in [-0.15, -0.1) is 11.3 Å². The second-order valence-electron chi connectivity index (χ2n) is 8.27. The van der Waals surface area contributed by atoms with Crippen LogP contribution in [0.15, 0.2) is 36.0 Å². The molecule has 9 heteroatoms. The predicted molar refractivity (Wildman–Crippen MR) is 109 cm³/mol. The zero-order valence-corrected chi connectivity index (χ0v) is 17.7. The summed E-state index contributed by atoms with van der Waals surface area (Å²) in [5.74, 6) is -2.59. The van der Waals surface area contributed by atoms with Crippen LogP contribution in [0.3, 0.4) is 0 Å². The van der Waals surface area contributed by atoms with Crippen LogP contribution in [-0.4, -0.2) is 47.2 Å². The Bertz CT molecular complexity index is 849. The van der Waals surface area contributed by atoms with Crippen LogP contribution in [0.25, 0.3) is 0 Å². The first-order valence-corrected chi connectivity index (χ1v) is 10.6. The van der Waals surface area contributed by atoms with Gasteiger partial charge in [-0.3, -0.25) is 9.78 Å². The Morgan fingerprint density at radius 3 is 2.37 bits per heavy atom. The van der Waals surface area contributed by atoms with Gasteiger partial charge in [-0.05, 0) is 57.5 Å². The van der Waals surface area contributed by atoms with Gasteiger partial charge in [0.05, 0.1) is 10.9 Å². The Kier molecular flexibility index (Phi) is 6.43. The Labute approximate surface area is 177 Å². The lowest BCUT2D eigenvalue weighted by atomic mass is 9.74. The number of primary amides is 1. The van der Waals surface area contributed by atoms with E-state index in [0.29, 0.717) is 11.3 Å². The highest BCUT2D eigenvalue weighted by atomic mass is 32.1. The Morgan fingerprint density at radius 2 is 1.93 bits per heavy atom. The van der Waals surface area contributed by atoms with E-state index in [2.05, 4.69) is 4.98 Å². The van der Waals surface area contributed by atoms with Crippen LogP contribution in [-0.2, 0) is 11.2 Å². The summed E-state index contributed by atoms with van der Waals surface area (Å²) >= 11 is 1.14. The monoisotopic (exact) mass is 441 g/mol. The number of aromatic nitrogens is 1. The van der Waals surface area contributed by atoms with Gasteiger partial charge >= 0.3 is 6.18 Å². The van der Waals surface area contributed by atoms with Crippen molar-refractivity contribution in [1.82, 2.24) is 9.88 Å². The number of halogens is 3. The van der Waals surface area contributed by atoms with Gasteiger partial charge in [-0.2, -0.15) is 13.2 Å². The van der Waals surface area contributed by atoms with E-state index in [9.17, 15) is 23.1 Å². The SMILES string of the molecule is CN(C)[C@H](Cc1ccc(O)cc1)CC(C(N)=O)C(c1cncs1)C1(C(F)(F)F)CC1. The first-order chi connectivity index (χ1) is 14.0. The highest BCUT2D eigenvalue weighted by Gasteiger charge is 2.69. The molecule has 1 aromatic heterocycles. The molecule has 1 amide bonds. The summed E-state index contributed by atoms with van der Waals surface area (Å²) in [5, 5.41) is 9.49. The van der Waals surface area contributed by atoms with Crippen molar-refractivity contribution in [1.29, 1.82) is 0 Å². The number of alkyl halides is 3. The van der Waals surface area contributed by atoms with Crippen molar-refractivity contribution < 1.29 is 23.1 Å². The fourth-order valence-corrected chi connectivity index (χ4v) is 5.13. The van der Waals surface area contributed by atoms with Crippen LogP contribution in [0.5, 0.6) is 5.75 Å². The highest BCUT2D eigenvalue weighted by Crippen LogP contribution is 2.67.